The summed E-state index contributed by atoms with van der Waals surface area (Å²) in [7, 11) is 1.33. The van der Waals surface area contributed by atoms with Crippen molar-refractivity contribution in [2.75, 3.05) is 33.5 Å². The molecule has 0 saturated carbocycles. The number of hydrogen-bond donors (Lipinski definition) is 2. The highest BCUT2D eigenvalue weighted by molar-refractivity contribution is 5.87. The first kappa shape index (κ1) is 53.5. The number of ether oxygens (including phenoxy) is 4. The minimum absolute atomic E-state index is 0.0473. The molecule has 0 atom stereocenters. The van der Waals surface area contributed by atoms with E-state index in [1.165, 1.54) is 25.7 Å². The molecule has 11 heteroatoms. The maximum Gasteiger partial charge on any atom is 0.333 e. The Morgan fingerprint density at radius 3 is 1.31 bits per heavy atom. The van der Waals surface area contributed by atoms with Crippen molar-refractivity contribution in [2.45, 2.75) is 67.2 Å². The number of rotatable bonds is 14. The quantitative estimate of drug-likeness (QED) is 0.0876. The highest BCUT2D eigenvalue weighted by Gasteiger charge is 2.01. The minimum atomic E-state index is -0.935. The lowest BCUT2D eigenvalue weighted by molar-refractivity contribution is -0.140. The average molecular weight is 691 g/mol. The van der Waals surface area contributed by atoms with E-state index < -0.39 is 11.9 Å². The largest absolute Gasteiger partial charge is 0.478 e. The van der Waals surface area contributed by atoms with E-state index in [2.05, 4.69) is 60.6 Å². The summed E-state index contributed by atoms with van der Waals surface area (Å²) in [5.41, 5.74) is 2.60. The monoisotopic (exact) mass is 690 g/mol. The van der Waals surface area contributed by atoms with E-state index in [4.69, 9.17) is 14.9 Å². The number of benzene rings is 1. The van der Waals surface area contributed by atoms with Gasteiger partial charge in [0.05, 0.1) is 26.9 Å². The predicted molar refractivity (Wildman–Crippen MR) is 195 cm³/mol. The molecule has 0 spiro atoms. The third kappa shape index (κ3) is 47.5. The standard InChI is InChI=1S/C8H14O2.C8H8.C7H12O2.C6H10O3.C5H8O2.C4H6O2/c1-4-5-6-10-8(9)7(2)3;1-2-8-6-4-3-5-7-8;1-3-5-6-9-7(8)4-2;1-5(2)6(8)9-4-3-7;1-4(2)5(6)7-3;1-3(2)4(5)6/h2,4-6H2,1,3H3;2-7H,1H2;4H,2-3,5-6H2,1H3;7H,1,3-4H2,2H3;1H2,2-3H3;1H2,2H3,(H,5,6). The smallest absolute Gasteiger partial charge is 0.333 e. The molecule has 276 valence electrons. The maximum absolute atomic E-state index is 10.7. The van der Waals surface area contributed by atoms with Crippen LogP contribution in [0.25, 0.3) is 6.08 Å². The molecule has 0 aromatic heterocycles. The third-order valence-corrected chi connectivity index (χ3v) is 4.60. The summed E-state index contributed by atoms with van der Waals surface area (Å²) in [4.78, 5) is 51.3. The van der Waals surface area contributed by atoms with E-state index in [0.717, 1.165) is 25.7 Å². The fourth-order valence-electron chi connectivity index (χ4n) is 1.83. The van der Waals surface area contributed by atoms with E-state index in [1.54, 1.807) is 20.8 Å². The molecule has 0 aliphatic rings. The second kappa shape index (κ2) is 39.1. The van der Waals surface area contributed by atoms with Gasteiger partial charge in [-0.25, -0.2) is 24.0 Å². The summed E-state index contributed by atoms with van der Waals surface area (Å²) in [6, 6.07) is 10.0. The summed E-state index contributed by atoms with van der Waals surface area (Å²) in [6.45, 7) is 31.5. The molecule has 0 fully saturated rings. The van der Waals surface area contributed by atoms with Crippen LogP contribution >= 0.6 is 0 Å². The minimum Gasteiger partial charge on any atom is -0.478 e. The van der Waals surface area contributed by atoms with Gasteiger partial charge in [0.2, 0.25) is 0 Å². The SMILES string of the molecule is C=C(C)C(=O)O.C=C(C)C(=O)OC.C=C(C)C(=O)OCCCC.C=C(C)C(=O)OCCO.C=CC(=O)OCCCC.C=Cc1ccccc1. The second-order valence-electron chi connectivity index (χ2n) is 9.61. The summed E-state index contributed by atoms with van der Waals surface area (Å²) in [5, 5.41) is 16.1. The van der Waals surface area contributed by atoms with Gasteiger partial charge in [-0.05, 0) is 46.1 Å². The van der Waals surface area contributed by atoms with Gasteiger partial charge in [0.25, 0.3) is 0 Å². The molecule has 0 unspecified atom stereocenters. The van der Waals surface area contributed by atoms with Crippen molar-refractivity contribution in [1.29, 1.82) is 0 Å². The number of aliphatic hydroxyl groups is 1. The van der Waals surface area contributed by atoms with Gasteiger partial charge in [-0.1, -0.05) is 103 Å². The van der Waals surface area contributed by atoms with Crippen LogP contribution in [0.2, 0.25) is 0 Å². The van der Waals surface area contributed by atoms with Crippen molar-refractivity contribution in [1.82, 2.24) is 0 Å². The lowest BCUT2D eigenvalue weighted by atomic mass is 10.2. The van der Waals surface area contributed by atoms with Crippen LogP contribution < -0.4 is 0 Å². The molecule has 0 aliphatic carbocycles. The number of aliphatic carboxylic acids is 1. The predicted octanol–water partition coefficient (Wildman–Crippen LogP) is 7.23. The van der Waals surface area contributed by atoms with Gasteiger partial charge in [0.1, 0.15) is 6.61 Å². The summed E-state index contributed by atoms with van der Waals surface area (Å²) >= 11 is 0. The van der Waals surface area contributed by atoms with Crippen molar-refractivity contribution < 1.29 is 53.1 Å². The van der Waals surface area contributed by atoms with Gasteiger partial charge in [-0.2, -0.15) is 0 Å². The molecular weight excluding hydrogens is 632 g/mol. The number of unbranched alkanes of at least 4 members (excludes halogenated alkanes) is 2. The van der Waals surface area contributed by atoms with Crippen molar-refractivity contribution in [3.63, 3.8) is 0 Å². The first-order valence-electron chi connectivity index (χ1n) is 15.3. The molecular formula is C38H58O11. The van der Waals surface area contributed by atoms with Crippen molar-refractivity contribution >= 4 is 35.9 Å². The van der Waals surface area contributed by atoms with Crippen LogP contribution in [0.4, 0.5) is 0 Å². The highest BCUT2D eigenvalue weighted by Crippen LogP contribution is 1.97. The van der Waals surface area contributed by atoms with Gasteiger partial charge in [-0.3, -0.25) is 0 Å². The number of hydrogen-bond acceptors (Lipinski definition) is 10. The normalized spacial score (nSPS) is 8.41. The Morgan fingerprint density at radius 1 is 0.673 bits per heavy atom. The molecule has 2 N–H and O–H groups in total. The Labute approximate surface area is 293 Å². The van der Waals surface area contributed by atoms with Gasteiger partial charge in [0, 0.05) is 28.4 Å². The zero-order chi connectivity index (χ0) is 39.2. The van der Waals surface area contributed by atoms with Gasteiger partial charge in [-0.15, -0.1) is 0 Å². The number of methoxy groups -OCH3 is 1. The van der Waals surface area contributed by atoms with Crippen LogP contribution in [0.5, 0.6) is 0 Å². The van der Waals surface area contributed by atoms with E-state index >= 15 is 0 Å². The fraction of sp³-hybridized carbons (Fsp3) is 0.395. The first-order valence-corrected chi connectivity index (χ1v) is 15.3. The van der Waals surface area contributed by atoms with E-state index in [1.807, 2.05) is 43.3 Å². The topological polar surface area (TPSA) is 163 Å². The Hall–Kier alpha value is -5.03. The summed E-state index contributed by atoms with van der Waals surface area (Å²) in [5.74, 6) is -2.35. The van der Waals surface area contributed by atoms with Crippen LogP contribution in [0.1, 0.15) is 72.8 Å². The van der Waals surface area contributed by atoms with Crippen LogP contribution in [0, 0.1) is 0 Å². The second-order valence-corrected chi connectivity index (χ2v) is 9.61. The molecule has 0 heterocycles. The first-order chi connectivity index (χ1) is 22.9. The third-order valence-electron chi connectivity index (χ3n) is 4.60. The Bertz CT molecular complexity index is 1140. The van der Waals surface area contributed by atoms with E-state index in [9.17, 15) is 24.0 Å². The number of carboxylic acids is 1. The number of carbonyl (C=O) groups excluding carboxylic acids is 4. The lowest BCUT2D eigenvalue weighted by Gasteiger charge is -2.01. The zero-order valence-electron chi connectivity index (χ0n) is 30.5. The van der Waals surface area contributed by atoms with Crippen molar-refractivity contribution in [2.24, 2.45) is 0 Å². The van der Waals surface area contributed by atoms with Gasteiger partial charge >= 0.3 is 29.8 Å². The number of aliphatic hydroxyl groups excluding tert-OH is 1. The van der Waals surface area contributed by atoms with Crippen LogP contribution in [-0.4, -0.2) is 73.6 Å². The van der Waals surface area contributed by atoms with Crippen LogP contribution in [-0.2, 0) is 42.9 Å². The molecule has 49 heavy (non-hydrogen) atoms. The highest BCUT2D eigenvalue weighted by atomic mass is 16.5. The molecule has 0 saturated heterocycles. The lowest BCUT2D eigenvalue weighted by Crippen LogP contribution is -2.08. The van der Waals surface area contributed by atoms with E-state index in [-0.39, 0.29) is 36.7 Å². The zero-order valence-corrected chi connectivity index (χ0v) is 30.5. The van der Waals surface area contributed by atoms with Gasteiger partial charge < -0.3 is 29.2 Å². The Balaban J connectivity index is -0.000000159. The Kier molecular flexibility index (Phi) is 42.7. The summed E-state index contributed by atoms with van der Waals surface area (Å²) < 4.78 is 18.2. The number of carbonyl (C=O) groups is 5. The number of carboxylic acid groups (broad SMARTS) is 1. The molecule has 1 aromatic carbocycles. The molecule has 0 bridgehead atoms. The van der Waals surface area contributed by atoms with Crippen LogP contribution in [0.15, 0.2) is 98.2 Å². The molecule has 0 radical (unpaired) electrons. The van der Waals surface area contributed by atoms with Crippen molar-refractivity contribution in [3.8, 4) is 0 Å². The average Bonchev–Trinajstić information content (AvgIpc) is 3.08. The molecule has 11 nitrogen and oxygen atoms in total. The summed E-state index contributed by atoms with van der Waals surface area (Å²) in [6.07, 6.45) is 6.96. The van der Waals surface area contributed by atoms with Gasteiger partial charge in [0.15, 0.2) is 0 Å². The van der Waals surface area contributed by atoms with E-state index in [0.29, 0.717) is 29.9 Å². The fourth-order valence-corrected chi connectivity index (χ4v) is 1.83. The number of esters is 4. The van der Waals surface area contributed by atoms with Crippen LogP contribution in [0.3, 0.4) is 0 Å². The molecule has 0 amide bonds. The Morgan fingerprint density at radius 2 is 1.06 bits per heavy atom. The molecule has 1 rings (SSSR count). The van der Waals surface area contributed by atoms with Crippen molar-refractivity contribution in [3.05, 3.63) is 104 Å². The molecule has 1 aromatic rings. The molecule has 0 aliphatic heterocycles. The maximum atomic E-state index is 10.7.